The molecule has 10 aliphatic carbocycles. The number of hydrogen-bond donors (Lipinski definition) is 0. The molecule has 2 heterocycles. The van der Waals surface area contributed by atoms with Crippen LogP contribution >= 0.6 is 23.5 Å². The van der Waals surface area contributed by atoms with Crippen molar-refractivity contribution in [1.82, 2.24) is 0 Å². The monoisotopic (exact) mass is 964 g/mol. The van der Waals surface area contributed by atoms with Gasteiger partial charge >= 0.3 is 0 Å². The average Bonchev–Trinajstić information content (AvgIpc) is 3.97. The van der Waals surface area contributed by atoms with Gasteiger partial charge in [0.2, 0.25) is 0 Å². The maximum Gasteiger partial charge on any atom is 0.0600 e. The van der Waals surface area contributed by atoms with Crippen LogP contribution in [0.15, 0.2) is 155 Å². The summed E-state index contributed by atoms with van der Waals surface area (Å²) in [5.74, 6) is 4.09. The summed E-state index contributed by atoms with van der Waals surface area (Å²) in [6.45, 7) is 7.70. The molecule has 2 aliphatic heterocycles. The zero-order valence-electron chi connectivity index (χ0n) is 42.0. The van der Waals surface area contributed by atoms with E-state index in [2.05, 4.69) is 182 Å². The highest BCUT2D eigenvalue weighted by atomic mass is 32.2. The topological polar surface area (TPSA) is 6.48 Å². The van der Waals surface area contributed by atoms with Gasteiger partial charge in [-0.2, -0.15) is 0 Å². The van der Waals surface area contributed by atoms with Crippen molar-refractivity contribution in [2.45, 2.75) is 149 Å². The van der Waals surface area contributed by atoms with Crippen molar-refractivity contribution in [1.29, 1.82) is 0 Å². The third kappa shape index (κ3) is 6.28. The second-order valence-corrected chi connectivity index (χ2v) is 27.1. The third-order valence-electron chi connectivity index (χ3n) is 20.6. The van der Waals surface area contributed by atoms with Crippen LogP contribution in [0.2, 0.25) is 0 Å². The van der Waals surface area contributed by atoms with Gasteiger partial charge in [0.25, 0.3) is 0 Å². The standard InChI is InChI=1S/C67H68N2S2/c1-38-34-57(69(54-23-11-16-40-28-29-41-35-50(41)61(40)54)56-25-13-21-48-46-19-7-9-27-60(46)71-66(48)56)51-37-52-62-42(32-33-67(52,2)3)36-58(49-31-30-43(38)63(51)64(49)62)68(53-22-10-15-39-14-4-5-17-44(39)53)55-24-12-20-47-45-18-6-8-26-59(45)70-65(47)55/h5-6,8-10,13,15,17-18,21,23,25-31,34-36,39,44-47,50,52-53,55,59-60,65H,4,7,11-12,14,16,19-20,22,24,32-33,37H2,1-3H3. The fourth-order valence-corrected chi connectivity index (χ4v) is 20.6. The summed E-state index contributed by atoms with van der Waals surface area (Å²) in [4.78, 5) is 7.57. The first kappa shape index (κ1) is 42.8. The van der Waals surface area contributed by atoms with Gasteiger partial charge in [0.1, 0.15) is 0 Å². The zero-order valence-corrected chi connectivity index (χ0v) is 43.6. The van der Waals surface area contributed by atoms with Crippen molar-refractivity contribution < 1.29 is 0 Å². The Bertz CT molecular complexity index is 3290. The molecule has 4 aromatic carbocycles. The molecule has 0 radical (unpaired) electrons. The number of aryl methyl sites for hydroxylation is 2. The van der Waals surface area contributed by atoms with Crippen LogP contribution in [0.3, 0.4) is 0 Å². The molecule has 0 aromatic heterocycles. The lowest BCUT2D eigenvalue weighted by molar-refractivity contribution is 0.243. The highest BCUT2D eigenvalue weighted by Gasteiger charge is 2.52. The van der Waals surface area contributed by atoms with Crippen LogP contribution in [0.5, 0.6) is 0 Å². The fraction of sp³-hybridized carbons (Fsp3) is 0.433. The Balaban J connectivity index is 0.957. The molecule has 0 bridgehead atoms. The first-order chi connectivity index (χ1) is 34.9. The number of nitrogens with zero attached hydrogens (tertiary/aromatic N) is 2. The minimum atomic E-state index is 0.184. The Morgan fingerprint density at radius 3 is 2.61 bits per heavy atom. The number of benzene rings is 4. The quantitative estimate of drug-likeness (QED) is 0.140. The van der Waals surface area contributed by atoms with Crippen molar-refractivity contribution in [2.75, 3.05) is 9.80 Å². The molecule has 12 aliphatic rings. The van der Waals surface area contributed by atoms with Crippen molar-refractivity contribution in [3.8, 4) is 0 Å². The smallest absolute Gasteiger partial charge is 0.0600 e. The van der Waals surface area contributed by atoms with Crippen molar-refractivity contribution >= 4 is 62.1 Å². The molecule has 0 amide bonds. The minimum Gasteiger partial charge on any atom is -0.363 e. The van der Waals surface area contributed by atoms with Crippen LogP contribution in [0.1, 0.15) is 124 Å². The molecular weight excluding hydrogens is 897 g/mol. The van der Waals surface area contributed by atoms with Gasteiger partial charge in [0, 0.05) is 67.3 Å². The Kier molecular flexibility index (Phi) is 9.61. The largest absolute Gasteiger partial charge is 0.363 e. The lowest BCUT2D eigenvalue weighted by Crippen LogP contribution is -2.55. The van der Waals surface area contributed by atoms with E-state index in [1.807, 2.05) is 0 Å². The van der Waals surface area contributed by atoms with Crippen LogP contribution < -0.4 is 9.80 Å². The van der Waals surface area contributed by atoms with Gasteiger partial charge in [0.05, 0.1) is 11.4 Å². The SMILES string of the molecule is Cc1cc(N(C2=CCCC3=C2C2C=C2C=C3)c2cccc3c2SC2C=CCCC32)c2c3c1ccc1c(N(C4CC=CC5CCC=CC54)C4CCCC5C6C=CC=CC6SC54)cc4c(c13)C(C2)C(C)(C)CC4. The molecule has 12 unspecified atom stereocenters. The molecule has 1 saturated carbocycles. The minimum absolute atomic E-state index is 0.184. The van der Waals surface area contributed by atoms with Crippen LogP contribution in [-0.4, -0.2) is 27.8 Å². The molecular formula is C67H68N2S2. The Morgan fingerprint density at radius 1 is 0.746 bits per heavy atom. The molecule has 4 heteroatoms. The van der Waals surface area contributed by atoms with E-state index in [1.54, 1.807) is 49.9 Å². The third-order valence-corrected chi connectivity index (χ3v) is 23.8. The van der Waals surface area contributed by atoms with E-state index < -0.39 is 0 Å². The number of hydrogen-bond acceptors (Lipinski definition) is 4. The van der Waals surface area contributed by atoms with Crippen LogP contribution in [-0.2, 0) is 12.8 Å². The molecule has 16 rings (SSSR count). The summed E-state index contributed by atoms with van der Waals surface area (Å²) >= 11 is 4.51. The predicted molar refractivity (Wildman–Crippen MR) is 303 cm³/mol. The second kappa shape index (κ2) is 15.9. The van der Waals surface area contributed by atoms with E-state index in [1.165, 1.54) is 102 Å². The van der Waals surface area contributed by atoms with E-state index in [0.717, 1.165) is 31.6 Å². The van der Waals surface area contributed by atoms with Gasteiger partial charge in [-0.1, -0.05) is 130 Å². The van der Waals surface area contributed by atoms with Gasteiger partial charge in [-0.15, -0.1) is 23.5 Å². The molecule has 2 nitrogen and oxygen atoms in total. The molecule has 0 N–H and O–H groups in total. The number of rotatable bonds is 6. The molecule has 358 valence electrons. The summed E-state index contributed by atoms with van der Waals surface area (Å²) in [6.07, 6.45) is 51.2. The number of thioether (sulfide) groups is 2. The highest BCUT2D eigenvalue weighted by molar-refractivity contribution is 8.01. The molecule has 12 atom stereocenters. The highest BCUT2D eigenvalue weighted by Crippen LogP contribution is 2.62. The van der Waals surface area contributed by atoms with Crippen molar-refractivity contribution in [3.63, 3.8) is 0 Å². The van der Waals surface area contributed by atoms with Crippen molar-refractivity contribution in [2.24, 2.45) is 35.0 Å². The summed E-state index contributed by atoms with van der Waals surface area (Å²) < 4.78 is 0. The van der Waals surface area contributed by atoms with Gasteiger partial charge in [0.15, 0.2) is 0 Å². The molecule has 71 heavy (non-hydrogen) atoms. The Morgan fingerprint density at radius 2 is 1.65 bits per heavy atom. The van der Waals surface area contributed by atoms with E-state index in [0.29, 0.717) is 63.3 Å². The number of allylic oxidation sites excluding steroid dienone is 13. The predicted octanol–water partition coefficient (Wildman–Crippen LogP) is 17.2. The number of anilines is 3. The fourth-order valence-electron chi connectivity index (χ4n) is 17.1. The summed E-state index contributed by atoms with van der Waals surface area (Å²) in [7, 11) is 0. The maximum atomic E-state index is 3.18. The van der Waals surface area contributed by atoms with Crippen molar-refractivity contribution in [3.05, 3.63) is 178 Å². The summed E-state index contributed by atoms with van der Waals surface area (Å²) in [5.41, 5.74) is 18.7. The molecule has 4 aromatic rings. The second-order valence-electron chi connectivity index (χ2n) is 24.5. The lowest BCUT2D eigenvalue weighted by atomic mass is 9.60. The van der Waals surface area contributed by atoms with Crippen LogP contribution in [0, 0.1) is 41.9 Å². The Hall–Kier alpha value is -4.64. The van der Waals surface area contributed by atoms with E-state index in [4.69, 9.17) is 0 Å². The first-order valence-electron chi connectivity index (χ1n) is 28.1. The zero-order chi connectivity index (χ0) is 46.9. The average molecular weight is 965 g/mol. The van der Waals surface area contributed by atoms with E-state index in [9.17, 15) is 0 Å². The maximum absolute atomic E-state index is 3.18. The van der Waals surface area contributed by atoms with Crippen LogP contribution in [0.4, 0.5) is 17.1 Å². The normalized spacial score (nSPS) is 34.6. The molecule has 0 spiro atoms. The number of fused-ring (bicyclic) bond motifs is 9. The molecule has 2 fully saturated rings. The summed E-state index contributed by atoms with van der Waals surface area (Å²) in [6, 6.07) is 19.1. The van der Waals surface area contributed by atoms with E-state index in [-0.39, 0.29) is 5.41 Å². The Labute approximate surface area is 430 Å². The first-order valence-corrected chi connectivity index (χ1v) is 30.0. The van der Waals surface area contributed by atoms with Gasteiger partial charge in [-0.3, -0.25) is 0 Å². The lowest BCUT2D eigenvalue weighted by Gasteiger charge is -2.51. The summed E-state index contributed by atoms with van der Waals surface area (Å²) in [5, 5.41) is 7.96. The van der Waals surface area contributed by atoms with Gasteiger partial charge in [-0.25, -0.2) is 0 Å². The van der Waals surface area contributed by atoms with Gasteiger partial charge < -0.3 is 9.80 Å². The van der Waals surface area contributed by atoms with Crippen LogP contribution in [0.25, 0.3) is 21.5 Å². The molecule has 1 saturated heterocycles. The van der Waals surface area contributed by atoms with E-state index >= 15 is 0 Å². The van der Waals surface area contributed by atoms with Gasteiger partial charge in [-0.05, 0) is 192 Å².